The van der Waals surface area contributed by atoms with E-state index in [-0.39, 0.29) is 6.79 Å². The molecule has 2 heterocycles. The number of rotatable bonds is 4. The highest BCUT2D eigenvalue weighted by Crippen LogP contribution is 2.32. The lowest BCUT2D eigenvalue weighted by Crippen LogP contribution is -2.13. The number of methoxy groups -OCH3 is 1. The van der Waals surface area contributed by atoms with Gasteiger partial charge < -0.3 is 19.5 Å². The van der Waals surface area contributed by atoms with Crippen molar-refractivity contribution in [2.75, 3.05) is 24.5 Å². The van der Waals surface area contributed by atoms with Crippen molar-refractivity contribution in [2.45, 2.75) is 6.54 Å². The second-order valence-corrected chi connectivity index (χ2v) is 4.46. The van der Waals surface area contributed by atoms with Gasteiger partial charge in [0.05, 0.1) is 7.11 Å². The summed E-state index contributed by atoms with van der Waals surface area (Å²) in [6.45, 7) is 0.821. The minimum absolute atomic E-state index is 0.256. The average Bonchev–Trinajstić information content (AvgIpc) is 3.01. The molecule has 1 aliphatic heterocycles. The number of carbonyl (C=O) groups is 1. The predicted molar refractivity (Wildman–Crippen MR) is 78.0 cm³/mol. The van der Waals surface area contributed by atoms with E-state index in [1.165, 1.54) is 7.11 Å². The first kappa shape index (κ1) is 13.9. The van der Waals surface area contributed by atoms with E-state index >= 15 is 0 Å². The van der Waals surface area contributed by atoms with Crippen LogP contribution in [0.5, 0.6) is 11.5 Å². The highest BCUT2D eigenvalue weighted by molar-refractivity contribution is 5.83. The molecule has 0 spiro atoms. The zero-order valence-corrected chi connectivity index (χ0v) is 11.8. The first-order valence-electron chi connectivity index (χ1n) is 6.56. The van der Waals surface area contributed by atoms with E-state index < -0.39 is 6.09 Å². The van der Waals surface area contributed by atoms with Crippen LogP contribution in [-0.4, -0.2) is 30.2 Å². The Bertz CT molecular complexity index is 675. The molecule has 1 amide bonds. The smallest absolute Gasteiger partial charge is 0.412 e. The number of ether oxygens (including phenoxy) is 3. The van der Waals surface area contributed by atoms with E-state index in [0.717, 1.165) is 17.1 Å². The van der Waals surface area contributed by atoms with Crippen molar-refractivity contribution in [3.05, 3.63) is 35.9 Å². The van der Waals surface area contributed by atoms with Crippen LogP contribution in [0.2, 0.25) is 0 Å². The minimum atomic E-state index is -0.588. The maximum Gasteiger partial charge on any atom is 0.412 e. The van der Waals surface area contributed by atoms with Gasteiger partial charge in [-0.1, -0.05) is 6.07 Å². The molecule has 114 valence electrons. The van der Waals surface area contributed by atoms with Crippen molar-refractivity contribution in [3.63, 3.8) is 0 Å². The van der Waals surface area contributed by atoms with Gasteiger partial charge in [-0.3, -0.25) is 5.32 Å². The molecule has 1 aliphatic rings. The summed E-state index contributed by atoms with van der Waals surface area (Å²) in [5.74, 6) is 2.40. The molecule has 1 aromatic heterocycles. The van der Waals surface area contributed by atoms with Crippen LogP contribution in [0.25, 0.3) is 0 Å². The lowest BCUT2D eigenvalue weighted by Gasteiger charge is -2.07. The van der Waals surface area contributed by atoms with Gasteiger partial charge in [-0.2, -0.15) is 0 Å². The monoisotopic (exact) mass is 302 g/mol. The van der Waals surface area contributed by atoms with Gasteiger partial charge in [0.1, 0.15) is 5.82 Å². The fourth-order valence-corrected chi connectivity index (χ4v) is 1.89. The Kier molecular flexibility index (Phi) is 3.90. The molecule has 0 aliphatic carbocycles. The van der Waals surface area contributed by atoms with Crippen molar-refractivity contribution in [1.29, 1.82) is 0 Å². The Morgan fingerprint density at radius 2 is 1.95 bits per heavy atom. The molecule has 0 bridgehead atoms. The third-order valence-corrected chi connectivity index (χ3v) is 2.99. The predicted octanol–water partition coefficient (Wildman–Crippen LogP) is 2.00. The zero-order valence-electron chi connectivity index (χ0n) is 11.8. The molecule has 8 nitrogen and oxygen atoms in total. The standard InChI is InChI=1S/C14H14N4O4/c1-20-14(19)16-13-5-4-12(17-18-13)15-7-9-2-3-10-11(6-9)22-8-21-10/h2-6H,7-8H2,1H3,(H,15,17)(H,16,18,19). The number of hydrogen-bond donors (Lipinski definition) is 2. The highest BCUT2D eigenvalue weighted by Gasteiger charge is 2.13. The van der Waals surface area contributed by atoms with Gasteiger partial charge in [0.2, 0.25) is 6.79 Å². The van der Waals surface area contributed by atoms with Crippen LogP contribution in [0.3, 0.4) is 0 Å². The lowest BCUT2D eigenvalue weighted by atomic mass is 10.2. The first-order chi connectivity index (χ1) is 10.7. The summed E-state index contributed by atoms with van der Waals surface area (Å²) in [6.07, 6.45) is -0.588. The minimum Gasteiger partial charge on any atom is -0.454 e. The molecule has 8 heteroatoms. The van der Waals surface area contributed by atoms with Gasteiger partial charge in [0.15, 0.2) is 17.3 Å². The molecular weight excluding hydrogens is 288 g/mol. The molecule has 0 unspecified atom stereocenters. The normalized spacial score (nSPS) is 11.9. The number of nitrogens with zero attached hydrogens (tertiary/aromatic N) is 2. The van der Waals surface area contributed by atoms with Gasteiger partial charge in [-0.15, -0.1) is 10.2 Å². The first-order valence-corrected chi connectivity index (χ1v) is 6.56. The molecule has 0 radical (unpaired) electrons. The van der Waals surface area contributed by atoms with E-state index in [1.54, 1.807) is 12.1 Å². The Balaban J connectivity index is 1.58. The number of amides is 1. The van der Waals surface area contributed by atoms with Crippen molar-refractivity contribution >= 4 is 17.7 Å². The summed E-state index contributed by atoms with van der Waals surface area (Å²) in [6, 6.07) is 9.07. The van der Waals surface area contributed by atoms with Gasteiger partial charge in [-0.25, -0.2) is 4.79 Å². The molecule has 3 rings (SSSR count). The number of hydrogen-bond acceptors (Lipinski definition) is 7. The summed E-state index contributed by atoms with van der Waals surface area (Å²) >= 11 is 0. The van der Waals surface area contributed by atoms with Crippen molar-refractivity contribution in [3.8, 4) is 11.5 Å². The molecule has 2 aromatic rings. The molecular formula is C14H14N4O4. The summed E-state index contributed by atoms with van der Waals surface area (Å²) in [7, 11) is 1.28. The Hall–Kier alpha value is -3.03. The fourth-order valence-electron chi connectivity index (χ4n) is 1.89. The largest absolute Gasteiger partial charge is 0.454 e. The molecule has 0 saturated heterocycles. The van der Waals surface area contributed by atoms with Gasteiger partial charge in [0.25, 0.3) is 0 Å². The van der Waals surface area contributed by atoms with Crippen molar-refractivity contribution in [1.82, 2.24) is 10.2 Å². The van der Waals surface area contributed by atoms with E-state index in [9.17, 15) is 4.79 Å². The Morgan fingerprint density at radius 1 is 1.18 bits per heavy atom. The van der Waals surface area contributed by atoms with Crippen LogP contribution < -0.4 is 20.1 Å². The summed E-state index contributed by atoms with van der Waals surface area (Å²) in [5, 5.41) is 13.4. The topological polar surface area (TPSA) is 94.6 Å². The summed E-state index contributed by atoms with van der Waals surface area (Å²) in [5.41, 5.74) is 1.03. The number of aromatic nitrogens is 2. The van der Waals surface area contributed by atoms with Gasteiger partial charge in [-0.05, 0) is 29.8 Å². The molecule has 22 heavy (non-hydrogen) atoms. The second kappa shape index (κ2) is 6.17. The van der Waals surface area contributed by atoms with Crippen LogP contribution in [0.1, 0.15) is 5.56 Å². The molecule has 1 aromatic carbocycles. The van der Waals surface area contributed by atoms with Crippen LogP contribution in [0, 0.1) is 0 Å². The number of nitrogens with one attached hydrogen (secondary N) is 2. The van der Waals surface area contributed by atoms with Crippen molar-refractivity contribution in [2.24, 2.45) is 0 Å². The molecule has 0 fully saturated rings. The maximum absolute atomic E-state index is 11.0. The van der Waals surface area contributed by atoms with E-state index in [1.807, 2.05) is 18.2 Å². The van der Waals surface area contributed by atoms with Crippen LogP contribution in [-0.2, 0) is 11.3 Å². The average molecular weight is 302 g/mol. The second-order valence-electron chi connectivity index (χ2n) is 4.46. The SMILES string of the molecule is COC(=O)Nc1ccc(NCc2ccc3c(c2)OCO3)nn1. The summed E-state index contributed by atoms with van der Waals surface area (Å²) in [4.78, 5) is 11.0. The third kappa shape index (κ3) is 3.17. The van der Waals surface area contributed by atoms with Gasteiger partial charge in [0, 0.05) is 6.54 Å². The molecule has 2 N–H and O–H groups in total. The van der Waals surface area contributed by atoms with E-state index in [4.69, 9.17) is 9.47 Å². The van der Waals surface area contributed by atoms with Crippen LogP contribution in [0.4, 0.5) is 16.4 Å². The molecule has 0 saturated carbocycles. The van der Waals surface area contributed by atoms with E-state index in [0.29, 0.717) is 18.2 Å². The van der Waals surface area contributed by atoms with Crippen LogP contribution >= 0.6 is 0 Å². The highest BCUT2D eigenvalue weighted by atomic mass is 16.7. The summed E-state index contributed by atoms with van der Waals surface area (Å²) < 4.78 is 15.1. The van der Waals surface area contributed by atoms with E-state index in [2.05, 4.69) is 25.6 Å². The quantitative estimate of drug-likeness (QED) is 0.891. The van der Waals surface area contributed by atoms with Crippen molar-refractivity contribution < 1.29 is 19.0 Å². The number of anilines is 2. The zero-order chi connectivity index (χ0) is 15.4. The molecule has 0 atom stereocenters. The number of fused-ring (bicyclic) bond motifs is 1. The third-order valence-electron chi connectivity index (χ3n) is 2.99. The number of benzene rings is 1. The van der Waals surface area contributed by atoms with Gasteiger partial charge >= 0.3 is 6.09 Å². The Morgan fingerprint density at radius 3 is 2.73 bits per heavy atom. The Labute approximate surface area is 126 Å². The number of carbonyl (C=O) groups excluding carboxylic acids is 1. The fraction of sp³-hybridized carbons (Fsp3) is 0.214. The maximum atomic E-state index is 11.0. The van der Waals surface area contributed by atoms with Crippen LogP contribution in [0.15, 0.2) is 30.3 Å². The lowest BCUT2D eigenvalue weighted by molar-refractivity contribution is 0.174.